The molecule has 0 aromatic heterocycles. The number of benzene rings is 5. The van der Waals surface area contributed by atoms with Gasteiger partial charge in [-0.3, -0.25) is 0 Å². The Morgan fingerprint density at radius 1 is 0.488 bits per heavy atom. The number of hydrogen-bond donors (Lipinski definition) is 0. The summed E-state index contributed by atoms with van der Waals surface area (Å²) in [5.74, 6) is 0. The summed E-state index contributed by atoms with van der Waals surface area (Å²) < 4.78 is 5.68. The largest absolute Gasteiger partial charge is 0.646 e. The van der Waals surface area contributed by atoms with Gasteiger partial charge in [0, 0.05) is 17.0 Å². The fourth-order valence-electron chi connectivity index (χ4n) is 4.92. The Morgan fingerprint density at radius 2 is 0.878 bits per heavy atom. The summed E-state index contributed by atoms with van der Waals surface area (Å²) in [7, 11) is -5.36. The van der Waals surface area contributed by atoms with Gasteiger partial charge in [0.15, 0.2) is 5.71 Å². The van der Waals surface area contributed by atoms with Crippen LogP contribution in [0.2, 0.25) is 0 Å². The molecular formula is C37H30N2P2. The lowest BCUT2D eigenvalue weighted by atomic mass is 10.2. The molecule has 6 rings (SSSR count). The second kappa shape index (κ2) is 12.4. The van der Waals surface area contributed by atoms with E-state index in [1.54, 1.807) is 0 Å². The summed E-state index contributed by atoms with van der Waals surface area (Å²) in [6.07, 6.45) is 10.3. The smallest absolute Gasteiger partial charge is 0.173 e. The van der Waals surface area contributed by atoms with Gasteiger partial charge in [0.1, 0.15) is 0 Å². The van der Waals surface area contributed by atoms with Gasteiger partial charge >= 0.3 is 0 Å². The molecule has 0 aliphatic heterocycles. The van der Waals surface area contributed by atoms with E-state index in [0.29, 0.717) is 0 Å². The molecule has 0 radical (unpaired) electrons. The van der Waals surface area contributed by atoms with Crippen LogP contribution in [0, 0.1) is 6.42 Å². The number of allylic oxidation sites excluding steroid dienone is 4. The minimum Gasteiger partial charge on any atom is -0.646 e. The zero-order valence-corrected chi connectivity index (χ0v) is 24.4. The van der Waals surface area contributed by atoms with Crippen LogP contribution < -0.4 is 21.2 Å². The quantitative estimate of drug-likeness (QED) is 0.141. The second-order valence-corrected chi connectivity index (χ2v) is 15.4. The fraction of sp³-hybridized carbons (Fsp3) is 0. The first kappa shape index (κ1) is 26.8. The summed E-state index contributed by atoms with van der Waals surface area (Å²) in [6.45, 7) is 0. The predicted octanol–water partition coefficient (Wildman–Crippen LogP) is 8.27. The molecule has 5 aromatic rings. The molecule has 0 spiro atoms. The van der Waals surface area contributed by atoms with Crippen LogP contribution >= 0.6 is 14.1 Å². The maximum Gasteiger partial charge on any atom is 0.173 e. The summed E-state index contributed by atoms with van der Waals surface area (Å²) in [5.41, 5.74) is 1.86. The molecule has 1 aliphatic carbocycles. The van der Waals surface area contributed by atoms with Crippen molar-refractivity contribution in [2.75, 3.05) is 0 Å². The van der Waals surface area contributed by atoms with Gasteiger partial charge in [-0.25, -0.2) is 4.76 Å². The van der Waals surface area contributed by atoms with E-state index < -0.39 is 14.1 Å². The van der Waals surface area contributed by atoms with E-state index in [4.69, 9.17) is 9.85 Å². The Morgan fingerprint density at radius 3 is 1.32 bits per heavy atom. The van der Waals surface area contributed by atoms with Crippen molar-refractivity contribution in [2.24, 2.45) is 4.76 Å². The van der Waals surface area contributed by atoms with E-state index in [-0.39, 0.29) is 0 Å². The van der Waals surface area contributed by atoms with Gasteiger partial charge in [0.2, 0.25) is 0 Å². The summed E-state index contributed by atoms with van der Waals surface area (Å²) in [4.78, 5) is 0. The Bertz CT molecular complexity index is 1700. The minimum atomic E-state index is -2.68. The molecule has 0 saturated heterocycles. The molecule has 1 aliphatic rings. The molecule has 0 amide bonds. The van der Waals surface area contributed by atoms with Crippen LogP contribution in [0.25, 0.3) is 5.09 Å². The van der Waals surface area contributed by atoms with Crippen molar-refractivity contribution in [1.82, 2.24) is 0 Å². The van der Waals surface area contributed by atoms with Gasteiger partial charge in [0.05, 0.1) is 31.3 Å². The summed E-state index contributed by atoms with van der Waals surface area (Å²) >= 11 is 0. The van der Waals surface area contributed by atoms with E-state index in [9.17, 15) is 0 Å². The van der Waals surface area contributed by atoms with E-state index in [1.165, 1.54) is 0 Å². The Balaban J connectivity index is 1.91. The molecule has 0 heterocycles. The van der Waals surface area contributed by atoms with Crippen LogP contribution in [0.1, 0.15) is 0 Å². The topological polar surface area (TPSA) is 26.5 Å². The van der Waals surface area contributed by atoms with Gasteiger partial charge in [-0.05, 0) is 10.6 Å². The number of hydrogen-bond acceptors (Lipinski definition) is 1. The van der Waals surface area contributed by atoms with Gasteiger partial charge in [0.25, 0.3) is 0 Å². The van der Waals surface area contributed by atoms with Crippen LogP contribution in [0.15, 0.2) is 181 Å². The first-order valence-corrected chi connectivity index (χ1v) is 17.1. The van der Waals surface area contributed by atoms with Crippen molar-refractivity contribution in [3.8, 4) is 0 Å². The van der Waals surface area contributed by atoms with Crippen LogP contribution in [0.4, 0.5) is 5.69 Å². The molecule has 0 unspecified atom stereocenters. The zero-order valence-electron chi connectivity index (χ0n) is 22.6. The molecule has 5 aromatic carbocycles. The lowest BCUT2D eigenvalue weighted by Crippen LogP contribution is -2.20. The first-order valence-electron chi connectivity index (χ1n) is 13.7. The third-order valence-corrected chi connectivity index (χ3v) is 14.4. The van der Waals surface area contributed by atoms with Crippen LogP contribution in [0.3, 0.4) is 0 Å². The maximum absolute atomic E-state index is 5.68. The van der Waals surface area contributed by atoms with Crippen LogP contribution in [-0.4, -0.2) is 10.9 Å². The highest BCUT2D eigenvalue weighted by molar-refractivity contribution is 8.01. The summed E-state index contributed by atoms with van der Waals surface area (Å²) in [6, 6.07) is 53.0. The van der Waals surface area contributed by atoms with Crippen molar-refractivity contribution in [3.63, 3.8) is 0 Å². The van der Waals surface area contributed by atoms with Crippen LogP contribution in [-0.2, 0) is 0 Å². The average molecular weight is 565 g/mol. The van der Waals surface area contributed by atoms with Gasteiger partial charge in [-0.15, -0.1) is 10.9 Å². The fourth-order valence-corrected chi connectivity index (χ4v) is 13.2. The van der Waals surface area contributed by atoms with E-state index >= 15 is 0 Å². The first-order chi connectivity index (χ1) is 20.3. The number of nitrogens with zero attached hydrogens (tertiary/aromatic N) is 2. The molecule has 41 heavy (non-hydrogen) atoms. The Hall–Kier alpha value is -4.44. The average Bonchev–Trinajstić information content (AvgIpc) is 3.06. The molecule has 0 saturated carbocycles. The highest BCUT2D eigenvalue weighted by Crippen LogP contribution is 2.59. The number of rotatable bonds is 7. The standard InChI is InChI=1S/C37H30N2P2/c1-7-19-32(20-8-1)38-40(34-23-11-3-12-24-34,35-25-13-4-14-26-35)31-41(36-27-15-5-16-28-36,37-29-17-6-18-30-37)39-33-21-9-2-10-22-33/h1-30H. The van der Waals surface area contributed by atoms with Crippen molar-refractivity contribution in [1.29, 1.82) is 0 Å². The predicted molar refractivity (Wildman–Crippen MR) is 183 cm³/mol. The lowest BCUT2D eigenvalue weighted by Gasteiger charge is -2.41. The van der Waals surface area contributed by atoms with Crippen molar-refractivity contribution < 1.29 is 0 Å². The van der Waals surface area contributed by atoms with Crippen molar-refractivity contribution in [3.05, 3.63) is 187 Å². The molecule has 0 bridgehead atoms. The zero-order chi connectivity index (χ0) is 27.8. The SMILES string of the molecule is C(=P(N=C1C=C[CH+]C=C1)(c1ccccc1)c1ccccc1)=P([N-]c1ccccc1)(c1ccccc1)c1ccccc1. The minimum absolute atomic E-state index is 0.931. The van der Waals surface area contributed by atoms with E-state index in [2.05, 4.69) is 175 Å². The molecule has 0 N–H and O–H groups in total. The third-order valence-electron chi connectivity index (χ3n) is 6.85. The Labute approximate surface area is 243 Å². The van der Waals surface area contributed by atoms with Crippen molar-refractivity contribution in [2.45, 2.75) is 0 Å². The lowest BCUT2D eigenvalue weighted by molar-refractivity contribution is 1.68. The molecule has 0 atom stereocenters. The molecule has 198 valence electrons. The normalized spacial score (nSPS) is 12.7. The van der Waals surface area contributed by atoms with Gasteiger partial charge in [-0.1, -0.05) is 159 Å². The second-order valence-electron chi connectivity index (χ2n) is 9.58. The van der Waals surface area contributed by atoms with Gasteiger partial charge in [-0.2, -0.15) is 0 Å². The Kier molecular flexibility index (Phi) is 8.09. The maximum atomic E-state index is 5.68. The monoisotopic (exact) mass is 564 g/mol. The molecular weight excluding hydrogens is 534 g/mol. The third kappa shape index (κ3) is 5.74. The molecule has 2 nitrogen and oxygen atoms in total. The highest BCUT2D eigenvalue weighted by atomic mass is 31.2. The van der Waals surface area contributed by atoms with E-state index in [0.717, 1.165) is 32.6 Å². The molecule has 0 fully saturated rings. The molecule has 4 heteroatoms. The van der Waals surface area contributed by atoms with E-state index in [1.807, 2.05) is 12.5 Å². The van der Waals surface area contributed by atoms with Crippen LogP contribution in [0.5, 0.6) is 0 Å². The highest BCUT2D eigenvalue weighted by Gasteiger charge is 2.26. The summed E-state index contributed by atoms with van der Waals surface area (Å²) in [5, 5.41) is 14.6. The van der Waals surface area contributed by atoms with Crippen molar-refractivity contribution >= 4 is 51.9 Å². The van der Waals surface area contributed by atoms with Gasteiger partial charge < -0.3 is 5.09 Å².